The highest BCUT2D eigenvalue weighted by molar-refractivity contribution is 5.47. The van der Waals surface area contributed by atoms with Crippen molar-refractivity contribution in [2.75, 3.05) is 17.3 Å². The summed E-state index contributed by atoms with van der Waals surface area (Å²) in [5.41, 5.74) is 2.44. The van der Waals surface area contributed by atoms with Gasteiger partial charge in [-0.05, 0) is 12.8 Å². The monoisotopic (exact) mass is 291 g/mol. The van der Waals surface area contributed by atoms with Gasteiger partial charge in [-0.2, -0.15) is 13.2 Å². The number of hydrogen-bond acceptors (Lipinski definition) is 5. The van der Waals surface area contributed by atoms with Crippen molar-refractivity contribution in [2.24, 2.45) is 5.84 Å². The van der Waals surface area contributed by atoms with Crippen molar-refractivity contribution in [2.45, 2.75) is 45.2 Å². The lowest BCUT2D eigenvalue weighted by Crippen LogP contribution is -2.13. The normalized spacial score (nSPS) is 11.8. The van der Waals surface area contributed by atoms with E-state index in [-0.39, 0.29) is 12.3 Å². The molecule has 0 radical (unpaired) electrons. The van der Waals surface area contributed by atoms with Crippen LogP contribution in [0.4, 0.5) is 24.8 Å². The number of hydrazine groups is 1. The first-order chi connectivity index (χ1) is 9.31. The first-order valence-electron chi connectivity index (χ1n) is 6.48. The van der Waals surface area contributed by atoms with Crippen molar-refractivity contribution in [3.63, 3.8) is 0 Å². The number of nitrogens with one attached hydrogen (secondary N) is 2. The Labute approximate surface area is 116 Å². The molecule has 0 aromatic carbocycles. The number of nitrogen functional groups attached to an aromatic ring is 1. The number of rotatable bonds is 7. The molecule has 0 saturated heterocycles. The summed E-state index contributed by atoms with van der Waals surface area (Å²) >= 11 is 0. The number of hydrogen-bond donors (Lipinski definition) is 3. The Morgan fingerprint density at radius 2 is 1.85 bits per heavy atom. The molecular weight excluding hydrogens is 271 g/mol. The molecule has 0 saturated carbocycles. The van der Waals surface area contributed by atoms with Crippen LogP contribution >= 0.6 is 0 Å². The number of aromatic nitrogens is 2. The van der Waals surface area contributed by atoms with Gasteiger partial charge in [0.1, 0.15) is 17.5 Å². The van der Waals surface area contributed by atoms with E-state index in [1.54, 1.807) is 6.07 Å². The minimum absolute atomic E-state index is 0.0978. The summed E-state index contributed by atoms with van der Waals surface area (Å²) in [6.45, 7) is 4.32. The average Bonchev–Trinajstić information content (AvgIpc) is 2.36. The summed E-state index contributed by atoms with van der Waals surface area (Å²) in [6, 6.07) is 1.62. The van der Waals surface area contributed by atoms with E-state index >= 15 is 0 Å². The number of nitrogens with two attached hydrogens (primary N) is 1. The maximum Gasteiger partial charge on any atom is 0.389 e. The van der Waals surface area contributed by atoms with Crippen molar-refractivity contribution in [1.29, 1.82) is 0 Å². The van der Waals surface area contributed by atoms with Gasteiger partial charge >= 0.3 is 6.18 Å². The standard InChI is InChI=1S/C12H20F3N5/c1-8(2)11-18-9(7-10(19-11)20-16)17-6-4-3-5-12(13,14)15/h7-8H,3-6,16H2,1-2H3,(H2,17,18,19,20). The predicted molar refractivity (Wildman–Crippen MR) is 72.3 cm³/mol. The second kappa shape index (κ2) is 7.28. The zero-order chi connectivity index (χ0) is 15.2. The fourth-order valence-corrected chi connectivity index (χ4v) is 1.56. The molecule has 20 heavy (non-hydrogen) atoms. The molecule has 1 heterocycles. The molecule has 0 amide bonds. The number of halogens is 3. The van der Waals surface area contributed by atoms with Crippen LogP contribution in [0.25, 0.3) is 0 Å². The summed E-state index contributed by atoms with van der Waals surface area (Å²) in [4.78, 5) is 8.48. The van der Waals surface area contributed by atoms with Gasteiger partial charge in [-0.15, -0.1) is 0 Å². The van der Waals surface area contributed by atoms with Crippen LogP contribution in [0.2, 0.25) is 0 Å². The topological polar surface area (TPSA) is 75.9 Å². The first kappa shape index (κ1) is 16.5. The van der Waals surface area contributed by atoms with Crippen molar-refractivity contribution >= 4 is 11.6 Å². The smallest absolute Gasteiger partial charge is 0.370 e. The van der Waals surface area contributed by atoms with E-state index in [4.69, 9.17) is 5.84 Å². The molecule has 1 aromatic heterocycles. The minimum Gasteiger partial charge on any atom is -0.370 e. The molecule has 0 aliphatic carbocycles. The lowest BCUT2D eigenvalue weighted by Gasteiger charge is -2.11. The van der Waals surface area contributed by atoms with Crippen molar-refractivity contribution < 1.29 is 13.2 Å². The molecular formula is C12H20F3N5. The molecule has 4 N–H and O–H groups in total. The van der Waals surface area contributed by atoms with Gasteiger partial charge in [0.15, 0.2) is 0 Å². The lowest BCUT2D eigenvalue weighted by molar-refractivity contribution is -0.135. The van der Waals surface area contributed by atoms with E-state index in [0.29, 0.717) is 30.4 Å². The number of nitrogens with zero attached hydrogens (tertiary/aromatic N) is 2. The molecule has 114 valence electrons. The van der Waals surface area contributed by atoms with Gasteiger partial charge < -0.3 is 10.7 Å². The molecule has 0 unspecified atom stereocenters. The Morgan fingerprint density at radius 1 is 1.20 bits per heavy atom. The summed E-state index contributed by atoms with van der Waals surface area (Å²) < 4.78 is 35.9. The van der Waals surface area contributed by atoms with E-state index in [2.05, 4.69) is 20.7 Å². The highest BCUT2D eigenvalue weighted by Gasteiger charge is 2.25. The third kappa shape index (κ3) is 6.05. The number of anilines is 2. The summed E-state index contributed by atoms with van der Waals surface area (Å²) in [6.07, 6.45) is -4.33. The van der Waals surface area contributed by atoms with Gasteiger partial charge in [0.2, 0.25) is 0 Å². The van der Waals surface area contributed by atoms with Crippen LogP contribution in [-0.4, -0.2) is 22.7 Å². The zero-order valence-electron chi connectivity index (χ0n) is 11.6. The Morgan fingerprint density at radius 3 is 2.40 bits per heavy atom. The summed E-state index contributed by atoms with van der Waals surface area (Å²) in [5, 5.41) is 2.99. The molecule has 1 aromatic rings. The molecule has 0 atom stereocenters. The van der Waals surface area contributed by atoms with Crippen LogP contribution in [0.3, 0.4) is 0 Å². The minimum atomic E-state index is -4.09. The second-order valence-electron chi connectivity index (χ2n) is 4.79. The van der Waals surface area contributed by atoms with Crippen LogP contribution in [0.1, 0.15) is 44.9 Å². The molecule has 0 fully saturated rings. The molecule has 0 aliphatic rings. The molecule has 1 rings (SSSR count). The van der Waals surface area contributed by atoms with Crippen molar-refractivity contribution in [1.82, 2.24) is 9.97 Å². The van der Waals surface area contributed by atoms with Crippen molar-refractivity contribution in [3.8, 4) is 0 Å². The van der Waals surface area contributed by atoms with E-state index in [1.165, 1.54) is 0 Å². The van der Waals surface area contributed by atoms with Gasteiger partial charge in [0, 0.05) is 24.9 Å². The summed E-state index contributed by atoms with van der Waals surface area (Å²) in [7, 11) is 0. The van der Waals surface area contributed by atoms with Gasteiger partial charge in [0.25, 0.3) is 0 Å². The van der Waals surface area contributed by atoms with E-state index < -0.39 is 12.6 Å². The summed E-state index contributed by atoms with van der Waals surface area (Å²) in [5.74, 6) is 7.11. The SMILES string of the molecule is CC(C)c1nc(NN)cc(NCCCCC(F)(F)F)n1. The van der Waals surface area contributed by atoms with E-state index in [1.807, 2.05) is 13.8 Å². The van der Waals surface area contributed by atoms with Gasteiger partial charge in [-0.3, -0.25) is 0 Å². The quantitative estimate of drug-likeness (QED) is 0.409. The number of unbranched alkanes of at least 4 members (excludes halogenated alkanes) is 1. The molecule has 0 aliphatic heterocycles. The number of alkyl halides is 3. The van der Waals surface area contributed by atoms with Crippen LogP contribution in [0, 0.1) is 0 Å². The Bertz CT molecular complexity index is 420. The maximum absolute atomic E-state index is 12.0. The van der Waals surface area contributed by atoms with E-state index in [9.17, 15) is 13.2 Å². The van der Waals surface area contributed by atoms with E-state index in [0.717, 1.165) is 0 Å². The third-order valence-electron chi connectivity index (χ3n) is 2.60. The predicted octanol–water partition coefficient (Wildman–Crippen LogP) is 3.03. The van der Waals surface area contributed by atoms with Gasteiger partial charge in [-0.25, -0.2) is 15.8 Å². The van der Waals surface area contributed by atoms with Crippen LogP contribution in [0.15, 0.2) is 6.07 Å². The second-order valence-corrected chi connectivity index (χ2v) is 4.79. The van der Waals surface area contributed by atoms with Gasteiger partial charge in [0.05, 0.1) is 0 Å². The lowest BCUT2D eigenvalue weighted by atomic mass is 10.2. The Kier molecular flexibility index (Phi) is 6.00. The highest BCUT2D eigenvalue weighted by Crippen LogP contribution is 2.22. The fraction of sp³-hybridized carbons (Fsp3) is 0.667. The average molecular weight is 291 g/mol. The first-order valence-corrected chi connectivity index (χ1v) is 6.48. The molecule has 8 heteroatoms. The highest BCUT2D eigenvalue weighted by atomic mass is 19.4. The van der Waals surface area contributed by atoms with Gasteiger partial charge in [-0.1, -0.05) is 13.8 Å². The molecule has 5 nitrogen and oxygen atoms in total. The maximum atomic E-state index is 12.0. The van der Waals surface area contributed by atoms with Crippen molar-refractivity contribution in [3.05, 3.63) is 11.9 Å². The Balaban J connectivity index is 2.49. The van der Waals surface area contributed by atoms with Crippen LogP contribution in [0.5, 0.6) is 0 Å². The largest absolute Gasteiger partial charge is 0.389 e. The van der Waals surface area contributed by atoms with Crippen LogP contribution in [-0.2, 0) is 0 Å². The third-order valence-corrected chi connectivity index (χ3v) is 2.60. The molecule has 0 spiro atoms. The van der Waals surface area contributed by atoms with Crippen LogP contribution < -0.4 is 16.6 Å². The molecule has 0 bridgehead atoms. The fourth-order valence-electron chi connectivity index (χ4n) is 1.56. The zero-order valence-corrected chi connectivity index (χ0v) is 11.6. The Hall–Kier alpha value is -1.57.